The van der Waals surface area contributed by atoms with Gasteiger partial charge in [0.25, 0.3) is 5.91 Å². The number of carbonyl (C=O) groups is 1. The average Bonchev–Trinajstić information content (AvgIpc) is 3.11. The maximum atomic E-state index is 12.5. The fraction of sp³-hybridized carbons (Fsp3) is 0.750. The minimum Gasteiger partial charge on any atom is -0.446 e. The summed E-state index contributed by atoms with van der Waals surface area (Å²) in [5, 5.41) is 9.01. The van der Waals surface area contributed by atoms with E-state index in [9.17, 15) is 4.79 Å². The molecule has 2 aliphatic heterocycles. The maximum absolute atomic E-state index is 12.5. The van der Waals surface area contributed by atoms with Crippen LogP contribution in [0.25, 0.3) is 0 Å². The molecule has 7 nitrogen and oxygen atoms in total. The number of aliphatic hydroxyl groups is 1. The van der Waals surface area contributed by atoms with Crippen LogP contribution in [0.2, 0.25) is 0 Å². The van der Waals surface area contributed by atoms with Gasteiger partial charge in [-0.1, -0.05) is 6.42 Å². The van der Waals surface area contributed by atoms with E-state index >= 15 is 0 Å². The Bertz CT molecular complexity index is 519. The molecule has 7 heteroatoms. The lowest BCUT2D eigenvalue weighted by Gasteiger charge is -2.40. The molecule has 128 valence electrons. The molecule has 1 atom stereocenters. The zero-order valence-electron chi connectivity index (χ0n) is 13.5. The Hall–Kier alpha value is -1.44. The number of oxazole rings is 1. The lowest BCUT2D eigenvalue weighted by molar-refractivity contribution is 0.0584. The Labute approximate surface area is 136 Å². The highest BCUT2D eigenvalue weighted by Gasteiger charge is 2.29. The third-order valence-electron chi connectivity index (χ3n) is 4.91. The molecule has 0 saturated carbocycles. The van der Waals surface area contributed by atoms with Gasteiger partial charge in [0.2, 0.25) is 5.89 Å². The van der Waals surface area contributed by atoms with E-state index in [2.05, 4.69) is 9.88 Å². The smallest absolute Gasteiger partial charge is 0.275 e. The fourth-order valence-corrected chi connectivity index (χ4v) is 3.51. The number of carbonyl (C=O) groups excluding carboxylic acids is 1. The third-order valence-corrected chi connectivity index (χ3v) is 4.91. The van der Waals surface area contributed by atoms with Gasteiger partial charge in [-0.05, 0) is 38.8 Å². The third kappa shape index (κ3) is 3.73. The zero-order chi connectivity index (χ0) is 16.2. The maximum Gasteiger partial charge on any atom is 0.275 e. The molecule has 0 aliphatic carbocycles. The first-order valence-corrected chi connectivity index (χ1v) is 8.54. The highest BCUT2D eigenvalue weighted by atomic mass is 16.3. The van der Waals surface area contributed by atoms with E-state index in [1.807, 2.05) is 4.90 Å². The number of piperidine rings is 2. The van der Waals surface area contributed by atoms with Gasteiger partial charge < -0.3 is 25.1 Å². The van der Waals surface area contributed by atoms with Gasteiger partial charge in [0.15, 0.2) is 5.69 Å². The number of likely N-dealkylation sites (tertiary alicyclic amines) is 2. The van der Waals surface area contributed by atoms with E-state index in [1.54, 1.807) is 0 Å². The number of aliphatic hydroxyl groups excluding tert-OH is 1. The van der Waals surface area contributed by atoms with Crippen molar-refractivity contribution in [1.82, 2.24) is 14.8 Å². The molecule has 2 saturated heterocycles. The van der Waals surface area contributed by atoms with Crippen LogP contribution < -0.4 is 5.73 Å². The van der Waals surface area contributed by atoms with Crippen molar-refractivity contribution in [3.05, 3.63) is 17.8 Å². The van der Waals surface area contributed by atoms with E-state index in [1.165, 1.54) is 38.6 Å². The molecule has 1 unspecified atom stereocenters. The minimum absolute atomic E-state index is 0.109. The molecule has 3 N–H and O–H groups in total. The number of hydrogen-bond acceptors (Lipinski definition) is 6. The number of amides is 1. The first-order valence-electron chi connectivity index (χ1n) is 8.54. The molecule has 3 heterocycles. The predicted octanol–water partition coefficient (Wildman–Crippen LogP) is 0.757. The largest absolute Gasteiger partial charge is 0.446 e. The summed E-state index contributed by atoms with van der Waals surface area (Å²) in [5.74, 6) is 0.0984. The summed E-state index contributed by atoms with van der Waals surface area (Å²) < 4.78 is 5.19. The molecule has 0 aromatic carbocycles. The van der Waals surface area contributed by atoms with Gasteiger partial charge in [-0.3, -0.25) is 4.79 Å². The summed E-state index contributed by atoms with van der Waals surface area (Å²) in [5.41, 5.74) is 5.93. The van der Waals surface area contributed by atoms with Crippen LogP contribution in [0.15, 0.2) is 10.7 Å². The van der Waals surface area contributed by atoms with Gasteiger partial charge >= 0.3 is 0 Å². The van der Waals surface area contributed by atoms with Crippen LogP contribution in [0.5, 0.6) is 0 Å². The number of rotatable bonds is 4. The molecule has 1 amide bonds. The molecular weight excluding hydrogens is 296 g/mol. The molecule has 2 aliphatic rings. The van der Waals surface area contributed by atoms with E-state index in [0.29, 0.717) is 6.04 Å². The fourth-order valence-electron chi connectivity index (χ4n) is 3.51. The first-order chi connectivity index (χ1) is 11.2. The molecule has 0 radical (unpaired) electrons. The van der Waals surface area contributed by atoms with E-state index in [-0.39, 0.29) is 24.1 Å². The lowest BCUT2D eigenvalue weighted by Crippen LogP contribution is -2.48. The SMILES string of the molecule is NC(CO)c1nc(C(=O)N2CCC(N3CCCCC3)CC2)co1. The molecule has 1 aromatic heterocycles. The molecule has 23 heavy (non-hydrogen) atoms. The number of nitrogens with two attached hydrogens (primary N) is 1. The van der Waals surface area contributed by atoms with Crippen molar-refractivity contribution >= 4 is 5.91 Å². The van der Waals surface area contributed by atoms with Crippen molar-refractivity contribution in [2.24, 2.45) is 5.73 Å². The van der Waals surface area contributed by atoms with Crippen molar-refractivity contribution in [1.29, 1.82) is 0 Å². The highest BCUT2D eigenvalue weighted by Crippen LogP contribution is 2.22. The molecule has 0 bridgehead atoms. The number of hydrogen-bond donors (Lipinski definition) is 2. The Morgan fingerprint density at radius 2 is 2.00 bits per heavy atom. The van der Waals surface area contributed by atoms with Gasteiger partial charge in [0.05, 0.1) is 6.61 Å². The van der Waals surface area contributed by atoms with Gasteiger partial charge in [-0.15, -0.1) is 0 Å². The summed E-state index contributed by atoms with van der Waals surface area (Å²) in [7, 11) is 0. The van der Waals surface area contributed by atoms with Gasteiger partial charge in [-0.25, -0.2) is 4.98 Å². The predicted molar refractivity (Wildman–Crippen MR) is 84.9 cm³/mol. The van der Waals surface area contributed by atoms with Crippen LogP contribution in [-0.4, -0.2) is 64.6 Å². The summed E-state index contributed by atoms with van der Waals surface area (Å²) in [6.07, 6.45) is 7.32. The van der Waals surface area contributed by atoms with Gasteiger partial charge in [0, 0.05) is 19.1 Å². The second-order valence-corrected chi connectivity index (χ2v) is 6.48. The number of nitrogens with zero attached hydrogens (tertiary/aromatic N) is 3. The first kappa shape index (κ1) is 16.4. The summed E-state index contributed by atoms with van der Waals surface area (Å²) in [6, 6.07) is -0.0728. The Morgan fingerprint density at radius 3 is 2.65 bits per heavy atom. The van der Waals surface area contributed by atoms with Crippen LogP contribution >= 0.6 is 0 Å². The summed E-state index contributed by atoms with van der Waals surface area (Å²) >= 11 is 0. The zero-order valence-corrected chi connectivity index (χ0v) is 13.5. The van der Waals surface area contributed by atoms with E-state index < -0.39 is 6.04 Å². The van der Waals surface area contributed by atoms with Crippen LogP contribution in [-0.2, 0) is 0 Å². The normalized spacial score (nSPS) is 22.3. The van der Waals surface area contributed by atoms with E-state index in [4.69, 9.17) is 15.3 Å². The van der Waals surface area contributed by atoms with Gasteiger partial charge in [-0.2, -0.15) is 0 Å². The van der Waals surface area contributed by atoms with Crippen molar-refractivity contribution in [3.63, 3.8) is 0 Å². The standard InChI is InChI=1S/C16H26N4O3/c17-13(10-21)15-18-14(11-23-15)16(22)20-8-4-12(5-9-20)19-6-2-1-3-7-19/h11-13,21H,1-10,17H2. The van der Waals surface area contributed by atoms with Crippen LogP contribution in [0.3, 0.4) is 0 Å². The highest BCUT2D eigenvalue weighted by molar-refractivity contribution is 5.92. The van der Waals surface area contributed by atoms with Crippen molar-refractivity contribution in [3.8, 4) is 0 Å². The molecule has 0 spiro atoms. The van der Waals surface area contributed by atoms with Crippen molar-refractivity contribution in [2.45, 2.75) is 44.2 Å². The Morgan fingerprint density at radius 1 is 1.30 bits per heavy atom. The molecular formula is C16H26N4O3. The summed E-state index contributed by atoms with van der Waals surface area (Å²) in [6.45, 7) is 3.66. The second-order valence-electron chi connectivity index (χ2n) is 6.48. The second kappa shape index (κ2) is 7.42. The Kier molecular flexibility index (Phi) is 5.30. The minimum atomic E-state index is -0.679. The summed E-state index contributed by atoms with van der Waals surface area (Å²) in [4.78, 5) is 21.0. The average molecular weight is 322 g/mol. The monoisotopic (exact) mass is 322 g/mol. The quantitative estimate of drug-likeness (QED) is 0.849. The van der Waals surface area contributed by atoms with Crippen LogP contribution in [0.4, 0.5) is 0 Å². The topological polar surface area (TPSA) is 95.8 Å². The van der Waals surface area contributed by atoms with Crippen molar-refractivity contribution < 1.29 is 14.3 Å². The van der Waals surface area contributed by atoms with Crippen molar-refractivity contribution in [2.75, 3.05) is 32.8 Å². The Balaban J connectivity index is 1.54. The number of aromatic nitrogens is 1. The van der Waals surface area contributed by atoms with Crippen LogP contribution in [0.1, 0.15) is 54.5 Å². The lowest BCUT2D eigenvalue weighted by atomic mass is 10.00. The molecule has 3 rings (SSSR count). The van der Waals surface area contributed by atoms with E-state index in [0.717, 1.165) is 25.9 Å². The molecule has 1 aromatic rings. The van der Waals surface area contributed by atoms with Gasteiger partial charge in [0.1, 0.15) is 12.3 Å². The van der Waals surface area contributed by atoms with Crippen LogP contribution in [0, 0.1) is 0 Å². The molecule has 2 fully saturated rings.